The first-order valence-corrected chi connectivity index (χ1v) is 8.67. The molecule has 0 radical (unpaired) electrons. The van der Waals surface area contributed by atoms with Gasteiger partial charge in [-0.2, -0.15) is 0 Å². The minimum absolute atomic E-state index is 0.111. The molecule has 0 aliphatic carbocycles. The molecule has 2 heterocycles. The van der Waals surface area contributed by atoms with Crippen molar-refractivity contribution < 1.29 is 33.3 Å². The molecule has 0 unspecified atom stereocenters. The molecule has 2 amide bonds. The van der Waals surface area contributed by atoms with Crippen LogP contribution >= 0.6 is 0 Å². The topological polar surface area (TPSA) is 91.4 Å². The van der Waals surface area contributed by atoms with Crippen molar-refractivity contribution in [2.75, 3.05) is 6.79 Å². The summed E-state index contributed by atoms with van der Waals surface area (Å²) in [5.74, 6) is 1.05. The van der Waals surface area contributed by atoms with E-state index in [4.69, 9.17) is 18.9 Å². The Morgan fingerprint density at radius 1 is 1.07 bits per heavy atom. The lowest BCUT2D eigenvalue weighted by atomic mass is 10.2. The van der Waals surface area contributed by atoms with Crippen LogP contribution in [0.4, 0.5) is 0 Å². The van der Waals surface area contributed by atoms with Crippen molar-refractivity contribution in [2.45, 2.75) is 26.0 Å². The largest absolute Gasteiger partial charge is 0.457 e. The molecule has 0 spiro atoms. The van der Waals surface area contributed by atoms with Crippen LogP contribution in [0, 0.1) is 0 Å². The van der Waals surface area contributed by atoms with Gasteiger partial charge in [-0.05, 0) is 29.8 Å². The van der Waals surface area contributed by atoms with Crippen molar-refractivity contribution in [3.05, 3.63) is 48.0 Å². The van der Waals surface area contributed by atoms with Crippen LogP contribution in [-0.4, -0.2) is 35.6 Å². The second kappa shape index (κ2) is 7.22. The number of esters is 1. The molecule has 28 heavy (non-hydrogen) atoms. The van der Waals surface area contributed by atoms with Crippen LogP contribution in [0.1, 0.15) is 18.9 Å². The summed E-state index contributed by atoms with van der Waals surface area (Å²) in [7, 11) is 0. The van der Waals surface area contributed by atoms with Gasteiger partial charge >= 0.3 is 5.97 Å². The molecule has 0 aromatic heterocycles. The summed E-state index contributed by atoms with van der Waals surface area (Å²) < 4.78 is 21.3. The predicted molar refractivity (Wildman–Crippen MR) is 94.8 cm³/mol. The summed E-state index contributed by atoms with van der Waals surface area (Å²) in [6.45, 7) is 1.51. The number of likely N-dealkylation sites (tertiary alicyclic amines) is 1. The fourth-order valence-corrected chi connectivity index (χ4v) is 3.03. The first-order chi connectivity index (χ1) is 13.5. The highest BCUT2D eigenvalue weighted by Gasteiger charge is 2.40. The lowest BCUT2D eigenvalue weighted by molar-refractivity contribution is -0.154. The number of ether oxygens (including phenoxy) is 4. The number of fused-ring (bicyclic) bond motifs is 1. The molecule has 0 bridgehead atoms. The number of amides is 2. The Morgan fingerprint density at radius 2 is 1.79 bits per heavy atom. The highest BCUT2D eigenvalue weighted by molar-refractivity contribution is 6.05. The van der Waals surface area contributed by atoms with Gasteiger partial charge in [0.15, 0.2) is 17.6 Å². The number of hydrogen-bond donors (Lipinski definition) is 0. The van der Waals surface area contributed by atoms with Crippen molar-refractivity contribution in [3.8, 4) is 23.0 Å². The Hall–Kier alpha value is -3.55. The van der Waals surface area contributed by atoms with Crippen LogP contribution in [0.2, 0.25) is 0 Å². The van der Waals surface area contributed by atoms with Crippen molar-refractivity contribution in [3.63, 3.8) is 0 Å². The number of rotatable bonds is 5. The molecule has 8 heteroatoms. The zero-order valence-corrected chi connectivity index (χ0v) is 15.0. The van der Waals surface area contributed by atoms with Gasteiger partial charge in [-0.15, -0.1) is 0 Å². The molecule has 1 saturated heterocycles. The van der Waals surface area contributed by atoms with Crippen molar-refractivity contribution in [1.82, 2.24) is 4.90 Å². The van der Waals surface area contributed by atoms with Crippen molar-refractivity contribution in [1.29, 1.82) is 0 Å². The predicted octanol–water partition coefficient (Wildman–Crippen LogP) is 2.40. The summed E-state index contributed by atoms with van der Waals surface area (Å²) in [6, 6.07) is 12.3. The van der Waals surface area contributed by atoms with Gasteiger partial charge in [0, 0.05) is 13.0 Å². The number of carbonyl (C=O) groups excluding carboxylic acids is 3. The SMILES string of the molecule is CC(=O)O[C@H]1CC(=O)N(Cc2ccc(Oc3ccc4c(c3)OCO4)cc2)C1=O. The third-order valence-electron chi connectivity index (χ3n) is 4.35. The van der Waals surface area contributed by atoms with E-state index in [1.165, 1.54) is 6.92 Å². The molecule has 8 nitrogen and oxygen atoms in total. The first-order valence-electron chi connectivity index (χ1n) is 8.67. The molecule has 2 aliphatic rings. The molecule has 4 rings (SSSR count). The van der Waals surface area contributed by atoms with E-state index in [0.29, 0.717) is 23.0 Å². The minimum atomic E-state index is -1.03. The van der Waals surface area contributed by atoms with E-state index < -0.39 is 18.0 Å². The second-order valence-corrected chi connectivity index (χ2v) is 6.38. The van der Waals surface area contributed by atoms with E-state index in [2.05, 4.69) is 0 Å². The monoisotopic (exact) mass is 383 g/mol. The fourth-order valence-electron chi connectivity index (χ4n) is 3.03. The normalized spacial score (nSPS) is 17.8. The summed E-state index contributed by atoms with van der Waals surface area (Å²) in [5.41, 5.74) is 0.753. The molecule has 1 atom stereocenters. The molecule has 144 valence electrons. The second-order valence-electron chi connectivity index (χ2n) is 6.38. The molecule has 2 aliphatic heterocycles. The number of benzene rings is 2. The fraction of sp³-hybridized carbons (Fsp3) is 0.250. The molecular weight excluding hydrogens is 366 g/mol. The summed E-state index contributed by atoms with van der Waals surface area (Å²) in [4.78, 5) is 36.4. The third kappa shape index (κ3) is 3.62. The van der Waals surface area contributed by atoms with E-state index in [9.17, 15) is 14.4 Å². The van der Waals surface area contributed by atoms with Crippen molar-refractivity contribution in [2.24, 2.45) is 0 Å². The van der Waals surface area contributed by atoms with Crippen LogP contribution in [0.3, 0.4) is 0 Å². The highest BCUT2D eigenvalue weighted by Crippen LogP contribution is 2.36. The maximum Gasteiger partial charge on any atom is 0.303 e. The molecule has 0 N–H and O–H groups in total. The van der Waals surface area contributed by atoms with Crippen LogP contribution < -0.4 is 14.2 Å². The standard InChI is InChI=1S/C20H17NO7/c1-12(22)27-18-9-19(23)21(20(18)24)10-13-2-4-14(5-3-13)28-15-6-7-16-17(8-15)26-11-25-16/h2-8,18H,9-11H2,1H3/t18-/m0/s1. The van der Waals surface area contributed by atoms with Gasteiger partial charge in [-0.1, -0.05) is 12.1 Å². The maximum atomic E-state index is 12.2. The first kappa shape index (κ1) is 17.8. The zero-order valence-electron chi connectivity index (χ0n) is 15.0. The lowest BCUT2D eigenvalue weighted by Gasteiger charge is -2.15. The molecular formula is C20H17NO7. The average Bonchev–Trinajstić information content (AvgIpc) is 3.22. The number of carbonyl (C=O) groups is 3. The van der Waals surface area contributed by atoms with Gasteiger partial charge in [0.05, 0.1) is 13.0 Å². The van der Waals surface area contributed by atoms with Gasteiger partial charge in [-0.3, -0.25) is 19.3 Å². The van der Waals surface area contributed by atoms with Crippen LogP contribution in [0.5, 0.6) is 23.0 Å². The Morgan fingerprint density at radius 3 is 2.54 bits per heavy atom. The number of imide groups is 1. The quantitative estimate of drug-likeness (QED) is 0.578. The Kier molecular flexibility index (Phi) is 4.60. The van der Waals surface area contributed by atoms with Gasteiger partial charge in [0.1, 0.15) is 11.5 Å². The van der Waals surface area contributed by atoms with Crippen LogP contribution in [0.25, 0.3) is 0 Å². The summed E-state index contributed by atoms with van der Waals surface area (Å²) in [5, 5.41) is 0. The van der Waals surface area contributed by atoms with Gasteiger partial charge in [-0.25, -0.2) is 0 Å². The molecule has 1 fully saturated rings. The van der Waals surface area contributed by atoms with Gasteiger partial charge in [0.25, 0.3) is 5.91 Å². The third-order valence-corrected chi connectivity index (χ3v) is 4.35. The highest BCUT2D eigenvalue weighted by atomic mass is 16.7. The van der Waals surface area contributed by atoms with E-state index in [1.807, 2.05) is 0 Å². The summed E-state index contributed by atoms with van der Waals surface area (Å²) >= 11 is 0. The van der Waals surface area contributed by atoms with E-state index in [0.717, 1.165) is 10.5 Å². The van der Waals surface area contributed by atoms with Crippen molar-refractivity contribution >= 4 is 17.8 Å². The van der Waals surface area contributed by atoms with Crippen LogP contribution in [-0.2, 0) is 25.7 Å². The molecule has 2 aromatic carbocycles. The Bertz CT molecular complexity index is 938. The van der Waals surface area contributed by atoms with Gasteiger partial charge in [0.2, 0.25) is 12.7 Å². The lowest BCUT2D eigenvalue weighted by Crippen LogP contribution is -2.32. The van der Waals surface area contributed by atoms with E-state index in [-0.39, 0.29) is 25.7 Å². The molecule has 2 aromatic rings. The number of nitrogens with zero attached hydrogens (tertiary/aromatic N) is 1. The smallest absolute Gasteiger partial charge is 0.303 e. The maximum absolute atomic E-state index is 12.2. The van der Waals surface area contributed by atoms with E-state index >= 15 is 0 Å². The molecule has 0 saturated carbocycles. The Labute approximate surface area is 160 Å². The minimum Gasteiger partial charge on any atom is -0.457 e. The van der Waals surface area contributed by atoms with E-state index in [1.54, 1.807) is 42.5 Å². The number of hydrogen-bond acceptors (Lipinski definition) is 7. The van der Waals surface area contributed by atoms with Crippen LogP contribution in [0.15, 0.2) is 42.5 Å². The average molecular weight is 383 g/mol. The Balaban J connectivity index is 1.40. The van der Waals surface area contributed by atoms with Gasteiger partial charge < -0.3 is 18.9 Å². The zero-order chi connectivity index (χ0) is 19.7. The summed E-state index contributed by atoms with van der Waals surface area (Å²) in [6.07, 6.45) is -1.15.